The van der Waals surface area contributed by atoms with Gasteiger partial charge in [-0.15, -0.1) is 11.6 Å². The monoisotopic (exact) mass is 437 g/mol. The summed E-state index contributed by atoms with van der Waals surface area (Å²) in [6, 6.07) is 5.18. The molecule has 3 rings (SSSR count). The van der Waals surface area contributed by atoms with E-state index < -0.39 is 0 Å². The second-order valence-corrected chi connectivity index (χ2v) is 8.46. The molecule has 0 aromatic heterocycles. The first kappa shape index (κ1) is 22.5. The van der Waals surface area contributed by atoms with Gasteiger partial charge in [-0.1, -0.05) is 12.8 Å². The molecule has 0 unspecified atom stereocenters. The summed E-state index contributed by atoms with van der Waals surface area (Å²) in [5.74, 6) is -0.420. The summed E-state index contributed by atoms with van der Waals surface area (Å²) in [6.45, 7) is 1.15. The van der Waals surface area contributed by atoms with Gasteiger partial charge in [0.25, 0.3) is 5.91 Å². The van der Waals surface area contributed by atoms with Gasteiger partial charge in [0.1, 0.15) is 5.82 Å². The molecule has 1 aromatic carbocycles. The molecule has 3 amide bonds. The van der Waals surface area contributed by atoms with Crippen LogP contribution in [0.4, 0.5) is 4.39 Å². The summed E-state index contributed by atoms with van der Waals surface area (Å²) >= 11 is 5.64. The van der Waals surface area contributed by atoms with Crippen molar-refractivity contribution < 1.29 is 18.8 Å². The van der Waals surface area contributed by atoms with Crippen molar-refractivity contribution in [1.82, 2.24) is 15.5 Å². The highest BCUT2D eigenvalue weighted by Gasteiger charge is 2.32. The quantitative estimate of drug-likeness (QED) is 0.672. The van der Waals surface area contributed by atoms with Crippen LogP contribution in [0.15, 0.2) is 24.3 Å². The predicted molar refractivity (Wildman–Crippen MR) is 113 cm³/mol. The Morgan fingerprint density at radius 1 is 0.967 bits per heavy atom. The zero-order valence-corrected chi connectivity index (χ0v) is 17.8. The molecule has 1 aromatic rings. The molecule has 1 heterocycles. The molecule has 30 heavy (non-hydrogen) atoms. The molecule has 0 radical (unpaired) electrons. The molecule has 8 heteroatoms. The summed E-state index contributed by atoms with van der Waals surface area (Å²) in [4.78, 5) is 39.1. The lowest BCUT2D eigenvalue weighted by Crippen LogP contribution is -2.55. The molecule has 0 spiro atoms. The highest BCUT2D eigenvalue weighted by atomic mass is 35.5. The number of benzene rings is 1. The van der Waals surface area contributed by atoms with Crippen LogP contribution in [0.25, 0.3) is 0 Å². The number of piperidine rings is 1. The fraction of sp³-hybridized carbons (Fsp3) is 0.591. The zero-order valence-electron chi connectivity index (χ0n) is 17.0. The van der Waals surface area contributed by atoms with Gasteiger partial charge in [0.05, 0.1) is 0 Å². The van der Waals surface area contributed by atoms with Gasteiger partial charge in [-0.25, -0.2) is 4.39 Å². The number of hydrogen-bond acceptors (Lipinski definition) is 3. The van der Waals surface area contributed by atoms with Crippen molar-refractivity contribution in [2.45, 2.75) is 57.0 Å². The predicted octanol–water partition coefficient (Wildman–Crippen LogP) is 2.85. The topological polar surface area (TPSA) is 78.5 Å². The number of carbonyl (C=O) groups excluding carboxylic acids is 3. The molecule has 2 atom stereocenters. The average molecular weight is 438 g/mol. The maximum Gasteiger partial charge on any atom is 0.251 e. The molecule has 1 saturated heterocycles. The molecule has 2 N–H and O–H groups in total. The number of nitrogens with zero attached hydrogens (tertiary/aromatic N) is 1. The van der Waals surface area contributed by atoms with E-state index in [4.69, 9.17) is 11.6 Å². The number of alkyl halides is 1. The van der Waals surface area contributed by atoms with Gasteiger partial charge in [-0.2, -0.15) is 0 Å². The lowest BCUT2D eigenvalue weighted by atomic mass is 9.88. The second kappa shape index (κ2) is 10.8. The fourth-order valence-corrected chi connectivity index (χ4v) is 4.42. The number of nitrogens with one attached hydrogen (secondary N) is 2. The Labute approximate surface area is 181 Å². The number of likely N-dealkylation sites (tertiary alicyclic amines) is 1. The van der Waals surface area contributed by atoms with E-state index in [1.54, 1.807) is 4.90 Å². The Morgan fingerprint density at radius 2 is 1.57 bits per heavy atom. The largest absolute Gasteiger partial charge is 0.351 e. The first-order chi connectivity index (χ1) is 14.5. The van der Waals surface area contributed by atoms with Gasteiger partial charge in [0.2, 0.25) is 11.8 Å². The molecule has 0 bridgehead atoms. The molecule has 1 aliphatic heterocycles. The number of halogens is 2. The first-order valence-corrected chi connectivity index (χ1v) is 11.2. The van der Waals surface area contributed by atoms with Crippen molar-refractivity contribution >= 4 is 29.3 Å². The highest BCUT2D eigenvalue weighted by Crippen LogP contribution is 2.22. The summed E-state index contributed by atoms with van der Waals surface area (Å²) in [5.41, 5.74) is 0.404. The maximum absolute atomic E-state index is 13.1. The highest BCUT2D eigenvalue weighted by molar-refractivity contribution is 6.18. The Bertz CT molecular complexity index is 750. The first-order valence-electron chi connectivity index (χ1n) is 10.7. The van der Waals surface area contributed by atoms with Crippen molar-refractivity contribution in [1.29, 1.82) is 0 Å². The van der Waals surface area contributed by atoms with Crippen molar-refractivity contribution in [3.63, 3.8) is 0 Å². The van der Waals surface area contributed by atoms with E-state index in [1.165, 1.54) is 24.3 Å². The minimum Gasteiger partial charge on any atom is -0.351 e. The second-order valence-electron chi connectivity index (χ2n) is 8.08. The minimum absolute atomic E-state index is 0.00706. The third kappa shape index (κ3) is 5.94. The number of carbonyl (C=O) groups is 3. The molecular weight excluding hydrogens is 409 g/mol. The van der Waals surface area contributed by atoms with E-state index in [9.17, 15) is 18.8 Å². The molecule has 2 fully saturated rings. The SMILES string of the molecule is O=C(N[C@@H]1CCCC[C@H]1NC(=O)C1CCN(C(=O)CCCl)CC1)c1ccc(F)cc1. The number of amides is 3. The minimum atomic E-state index is -0.384. The summed E-state index contributed by atoms with van der Waals surface area (Å²) in [5, 5.41) is 6.14. The van der Waals surface area contributed by atoms with Crippen molar-refractivity contribution in [3.05, 3.63) is 35.6 Å². The van der Waals surface area contributed by atoms with Crippen LogP contribution in [0.5, 0.6) is 0 Å². The molecular formula is C22H29ClFN3O3. The van der Waals surface area contributed by atoms with E-state index in [1.807, 2.05) is 0 Å². The lowest BCUT2D eigenvalue weighted by molar-refractivity contribution is -0.135. The standard InChI is InChI=1S/C22H29ClFN3O3/c23-12-9-20(28)27-13-10-16(11-14-27)22(30)26-19-4-2-1-3-18(19)25-21(29)15-5-7-17(24)8-6-15/h5-8,16,18-19H,1-4,9-14H2,(H,25,29)(H,26,30)/t18-,19-/m1/s1. The third-order valence-corrected chi connectivity index (χ3v) is 6.23. The Balaban J connectivity index is 1.52. The van der Waals surface area contributed by atoms with Crippen LogP contribution in [-0.4, -0.2) is 53.7 Å². The normalized spacial score (nSPS) is 22.4. The maximum atomic E-state index is 13.1. The van der Waals surface area contributed by atoms with E-state index in [-0.39, 0.29) is 41.5 Å². The molecule has 1 saturated carbocycles. The van der Waals surface area contributed by atoms with Crippen LogP contribution in [0, 0.1) is 11.7 Å². The van der Waals surface area contributed by atoms with Crippen LogP contribution in [-0.2, 0) is 9.59 Å². The van der Waals surface area contributed by atoms with Gasteiger partial charge in [-0.05, 0) is 49.9 Å². The van der Waals surface area contributed by atoms with Crippen LogP contribution in [0.2, 0.25) is 0 Å². The van der Waals surface area contributed by atoms with E-state index in [0.717, 1.165) is 25.7 Å². The fourth-order valence-electron chi connectivity index (χ4n) is 4.26. The van der Waals surface area contributed by atoms with Crippen molar-refractivity contribution in [3.8, 4) is 0 Å². The van der Waals surface area contributed by atoms with Crippen molar-refractivity contribution in [2.24, 2.45) is 5.92 Å². The van der Waals surface area contributed by atoms with E-state index in [2.05, 4.69) is 10.6 Å². The Kier molecular flexibility index (Phi) is 8.08. The van der Waals surface area contributed by atoms with Gasteiger partial charge in [-0.3, -0.25) is 14.4 Å². The molecule has 6 nitrogen and oxygen atoms in total. The number of hydrogen-bond donors (Lipinski definition) is 2. The summed E-state index contributed by atoms with van der Waals surface area (Å²) in [7, 11) is 0. The van der Waals surface area contributed by atoms with Gasteiger partial charge in [0.15, 0.2) is 0 Å². The van der Waals surface area contributed by atoms with Crippen LogP contribution in [0.3, 0.4) is 0 Å². The van der Waals surface area contributed by atoms with Crippen molar-refractivity contribution in [2.75, 3.05) is 19.0 Å². The Hall–Kier alpha value is -2.15. The molecule has 1 aliphatic carbocycles. The smallest absolute Gasteiger partial charge is 0.251 e. The Morgan fingerprint density at radius 3 is 2.17 bits per heavy atom. The molecule has 164 valence electrons. The van der Waals surface area contributed by atoms with E-state index >= 15 is 0 Å². The third-order valence-electron chi connectivity index (χ3n) is 6.04. The van der Waals surface area contributed by atoms with Crippen LogP contribution < -0.4 is 10.6 Å². The number of rotatable bonds is 6. The van der Waals surface area contributed by atoms with Gasteiger partial charge < -0.3 is 15.5 Å². The average Bonchev–Trinajstić information content (AvgIpc) is 2.75. The lowest BCUT2D eigenvalue weighted by Gasteiger charge is -2.36. The van der Waals surface area contributed by atoms with Crippen LogP contribution in [0.1, 0.15) is 55.3 Å². The zero-order chi connectivity index (χ0) is 21.5. The van der Waals surface area contributed by atoms with Crippen LogP contribution >= 0.6 is 11.6 Å². The van der Waals surface area contributed by atoms with Gasteiger partial charge in [0, 0.05) is 49.0 Å². The van der Waals surface area contributed by atoms with E-state index in [0.29, 0.717) is 43.8 Å². The molecule has 2 aliphatic rings. The summed E-state index contributed by atoms with van der Waals surface area (Å²) < 4.78 is 13.1. The van der Waals surface area contributed by atoms with Gasteiger partial charge >= 0.3 is 0 Å². The summed E-state index contributed by atoms with van der Waals surface area (Å²) in [6.07, 6.45) is 5.20.